The maximum atomic E-state index is 9.87. The molecule has 1 aromatic rings. The van der Waals surface area contributed by atoms with Crippen LogP contribution >= 0.6 is 17.1 Å². The minimum Gasteiger partial charge on any atom is -0.427 e. The van der Waals surface area contributed by atoms with E-state index in [9.17, 15) is 5.11 Å². The number of aliphatic hydroxyl groups is 1. The van der Waals surface area contributed by atoms with Gasteiger partial charge in [-0.05, 0) is 32.8 Å². The van der Waals surface area contributed by atoms with Crippen LogP contribution in [0.4, 0.5) is 0 Å². The molecule has 0 aromatic heterocycles. The van der Waals surface area contributed by atoms with Crippen LogP contribution in [-0.2, 0) is 49.3 Å². The van der Waals surface area contributed by atoms with Gasteiger partial charge in [0.25, 0.3) is 0 Å². The molecule has 140 valence electrons. The molecular weight excluding hydrogens is 405 g/mol. The summed E-state index contributed by atoms with van der Waals surface area (Å²) in [7, 11) is 5.20. The average molecular weight is 436 g/mol. The van der Waals surface area contributed by atoms with Crippen LogP contribution in [-0.4, -0.2) is 37.2 Å². The first kappa shape index (κ1) is 28.0. The molecule has 0 aliphatic heterocycles. The zero-order chi connectivity index (χ0) is 18.5. The maximum absolute atomic E-state index is 9.87. The third-order valence-corrected chi connectivity index (χ3v) is 3.71. The van der Waals surface area contributed by atoms with Crippen LogP contribution in [0.3, 0.4) is 0 Å². The second kappa shape index (κ2) is 17.0. The van der Waals surface area contributed by atoms with E-state index in [1.165, 1.54) is 5.56 Å². The van der Waals surface area contributed by atoms with Gasteiger partial charge in [0, 0.05) is 40.8 Å². The minimum absolute atomic E-state index is 0. The van der Waals surface area contributed by atoms with Gasteiger partial charge in [0.1, 0.15) is 0 Å². The largest absolute Gasteiger partial charge is 0.427 e. The fourth-order valence-electron chi connectivity index (χ4n) is 2.58. The molecule has 0 bridgehead atoms. The van der Waals surface area contributed by atoms with Crippen molar-refractivity contribution in [2.45, 2.75) is 46.2 Å². The fourth-order valence-corrected chi connectivity index (χ4v) is 2.82. The quantitative estimate of drug-likeness (QED) is 0.447. The van der Waals surface area contributed by atoms with E-state index in [2.05, 4.69) is 54.9 Å². The molecule has 3 nitrogen and oxygen atoms in total. The van der Waals surface area contributed by atoms with Crippen molar-refractivity contribution in [3.05, 3.63) is 35.9 Å². The van der Waals surface area contributed by atoms with Crippen LogP contribution in [0.25, 0.3) is 0 Å². The first-order chi connectivity index (χ1) is 11.4. The van der Waals surface area contributed by atoms with Gasteiger partial charge in [0.2, 0.25) is 0 Å². The molecule has 1 N–H and O–H groups in total. The van der Waals surface area contributed by atoms with Gasteiger partial charge in [-0.1, -0.05) is 62.8 Å². The third-order valence-electron chi connectivity index (χ3n) is 3.55. The Labute approximate surface area is 178 Å². The van der Waals surface area contributed by atoms with Crippen LogP contribution in [0.5, 0.6) is 0 Å². The molecule has 0 aliphatic carbocycles. The maximum Gasteiger partial charge on any atom is 0.312 e. The van der Waals surface area contributed by atoms with E-state index in [0.717, 1.165) is 6.42 Å². The molecule has 1 aromatic carbocycles. The van der Waals surface area contributed by atoms with Gasteiger partial charge < -0.3 is 14.5 Å². The molecule has 0 amide bonds. The topological polar surface area (TPSA) is 38.7 Å². The van der Waals surface area contributed by atoms with Gasteiger partial charge in [0.05, 0.1) is 12.2 Å². The van der Waals surface area contributed by atoms with E-state index >= 15 is 0 Å². The summed E-state index contributed by atoms with van der Waals surface area (Å²) < 4.78 is 12.0. The standard InChI is InChI=1S/C17H30BO3P.HPS.Ti/c1-13(2)12-20-17(14(3)21-18(4)22)16(11-19)10-15-8-6-5-7-9-15;1-2;/h5-9,13-14,16-17,19H,10-12,22H2,1-4H3;1H;. The number of benzene rings is 1. The normalized spacial score (nSPS) is 13.9. The summed E-state index contributed by atoms with van der Waals surface area (Å²) in [6.07, 6.45) is 0.613. The Bertz CT molecular complexity index is 430. The second-order valence-corrected chi connectivity index (χ2v) is 7.31. The Hall–Kier alpha value is 0.829. The summed E-state index contributed by atoms with van der Waals surface area (Å²) in [6.45, 7) is 9.12. The Morgan fingerprint density at radius 1 is 1.20 bits per heavy atom. The molecule has 0 saturated carbocycles. The molecule has 1 rings (SSSR count). The molecule has 8 heteroatoms. The Kier molecular flexibility index (Phi) is 19.0. The van der Waals surface area contributed by atoms with E-state index < -0.39 is 0 Å². The van der Waals surface area contributed by atoms with Gasteiger partial charge in [-0.15, -0.1) is 9.12 Å². The van der Waals surface area contributed by atoms with Gasteiger partial charge in [-0.2, -0.15) is 0 Å². The van der Waals surface area contributed by atoms with Gasteiger partial charge >= 0.3 is 6.64 Å². The average Bonchev–Trinajstić information content (AvgIpc) is 2.55. The van der Waals surface area contributed by atoms with Crippen LogP contribution in [0.15, 0.2) is 30.3 Å². The molecule has 4 unspecified atom stereocenters. The Morgan fingerprint density at radius 2 is 1.76 bits per heavy atom. The van der Waals surface area contributed by atoms with Crippen LogP contribution < -0.4 is 0 Å². The third kappa shape index (κ3) is 12.8. The molecule has 4 atom stereocenters. The molecule has 0 saturated heterocycles. The first-order valence-electron chi connectivity index (χ1n) is 8.31. The summed E-state index contributed by atoms with van der Waals surface area (Å²) in [5, 5.41) is 9.87. The predicted octanol–water partition coefficient (Wildman–Crippen LogP) is 3.87. The smallest absolute Gasteiger partial charge is 0.312 e. The first-order valence-corrected chi connectivity index (χ1v) is 10.6. The van der Waals surface area contributed by atoms with Crippen LogP contribution in [0.1, 0.15) is 26.3 Å². The number of rotatable bonds is 10. The van der Waals surface area contributed by atoms with Crippen molar-refractivity contribution >= 4 is 35.6 Å². The molecule has 0 spiro atoms. The molecule has 25 heavy (non-hydrogen) atoms. The van der Waals surface area contributed by atoms with Crippen molar-refractivity contribution in [2.75, 3.05) is 13.2 Å². The summed E-state index contributed by atoms with van der Waals surface area (Å²) >= 11 is 3.89. The van der Waals surface area contributed by atoms with E-state index in [1.807, 2.05) is 31.9 Å². The van der Waals surface area contributed by atoms with Gasteiger partial charge in [0.15, 0.2) is 0 Å². The Morgan fingerprint density at radius 3 is 2.20 bits per heavy atom. The van der Waals surface area contributed by atoms with Crippen molar-refractivity contribution in [3.63, 3.8) is 0 Å². The van der Waals surface area contributed by atoms with Crippen molar-refractivity contribution < 1.29 is 36.2 Å². The van der Waals surface area contributed by atoms with E-state index in [1.54, 1.807) is 0 Å². The van der Waals surface area contributed by atoms with Crippen molar-refractivity contribution in [2.24, 2.45) is 11.8 Å². The zero-order valence-electron chi connectivity index (χ0n) is 15.6. The summed E-state index contributed by atoms with van der Waals surface area (Å²) in [6, 6.07) is 10.2. The van der Waals surface area contributed by atoms with Crippen molar-refractivity contribution in [3.8, 4) is 0 Å². The summed E-state index contributed by atoms with van der Waals surface area (Å²) in [4.78, 5) is 0. The van der Waals surface area contributed by atoms with Gasteiger partial charge in [-0.25, -0.2) is 0 Å². The Balaban J connectivity index is 0. The molecule has 0 heterocycles. The predicted molar refractivity (Wildman–Crippen MR) is 113 cm³/mol. The number of hydrogen-bond donors (Lipinski definition) is 1. The second-order valence-electron chi connectivity index (χ2n) is 6.37. The summed E-state index contributed by atoms with van der Waals surface area (Å²) in [5.74, 6) is 0.485. The SMILES string of the molecule is CB(P)OC(C)C(OCC(C)C)C(CO)Cc1ccccc1.P=S.[Ti]. The fraction of sp³-hybridized carbons (Fsp3) is 0.647. The number of ether oxygens (including phenoxy) is 1. The molecule has 0 aliphatic rings. The van der Waals surface area contributed by atoms with E-state index in [-0.39, 0.29) is 53.1 Å². The van der Waals surface area contributed by atoms with Crippen molar-refractivity contribution in [1.82, 2.24) is 0 Å². The van der Waals surface area contributed by atoms with E-state index in [4.69, 9.17) is 9.39 Å². The van der Waals surface area contributed by atoms with Crippen molar-refractivity contribution in [1.29, 1.82) is 0 Å². The minimum atomic E-state index is -0.115. The zero-order valence-corrected chi connectivity index (χ0v) is 20.2. The monoisotopic (exact) mass is 436 g/mol. The van der Waals surface area contributed by atoms with Crippen LogP contribution in [0.2, 0.25) is 6.82 Å². The summed E-state index contributed by atoms with van der Waals surface area (Å²) in [5.41, 5.74) is 1.21. The number of hydrogen-bond acceptors (Lipinski definition) is 4. The molecular formula is C17H31BO3P2STi. The van der Waals surface area contributed by atoms with Gasteiger partial charge in [-0.3, -0.25) is 0 Å². The molecule has 0 fully saturated rings. The van der Waals surface area contributed by atoms with E-state index in [0.29, 0.717) is 12.5 Å². The molecule has 0 radical (unpaired) electrons. The number of aliphatic hydroxyl groups excluding tert-OH is 1. The van der Waals surface area contributed by atoms with Crippen LogP contribution in [0, 0.1) is 11.8 Å².